The van der Waals surface area contributed by atoms with Gasteiger partial charge >= 0.3 is 5.97 Å². The largest absolute Gasteiger partial charge is 0.466 e. The summed E-state index contributed by atoms with van der Waals surface area (Å²) in [6.45, 7) is 2.10. The Bertz CT molecular complexity index is 618. The van der Waals surface area contributed by atoms with Crippen LogP contribution in [-0.2, 0) is 16.0 Å². The van der Waals surface area contributed by atoms with Crippen LogP contribution in [-0.4, -0.2) is 17.6 Å². The Balaban J connectivity index is 2.06. The maximum atomic E-state index is 13.6. The van der Waals surface area contributed by atoms with Crippen molar-refractivity contribution in [1.82, 2.24) is 4.98 Å². The van der Waals surface area contributed by atoms with Gasteiger partial charge in [0.25, 0.3) is 0 Å². The fraction of sp³-hybridized carbons (Fsp3) is 0.231. The predicted octanol–water partition coefficient (Wildman–Crippen LogP) is 3.89. The Hall–Kier alpha value is -1.47. The van der Waals surface area contributed by atoms with Gasteiger partial charge in [-0.05, 0) is 25.1 Å². The van der Waals surface area contributed by atoms with E-state index in [0.717, 1.165) is 4.47 Å². The number of carbonyl (C=O) groups excluding carboxylic acids is 1. The quantitative estimate of drug-likeness (QED) is 0.823. The molecule has 0 radical (unpaired) electrons. The van der Waals surface area contributed by atoms with E-state index < -0.39 is 0 Å². The van der Waals surface area contributed by atoms with Crippen LogP contribution >= 0.6 is 27.3 Å². The first-order chi connectivity index (χ1) is 9.58. The second kappa shape index (κ2) is 6.81. The number of benzene rings is 1. The van der Waals surface area contributed by atoms with Crippen LogP contribution in [0, 0.1) is 5.82 Å². The van der Waals surface area contributed by atoms with Crippen molar-refractivity contribution < 1.29 is 13.9 Å². The zero-order valence-corrected chi connectivity index (χ0v) is 13.1. The van der Waals surface area contributed by atoms with E-state index in [4.69, 9.17) is 4.74 Å². The van der Waals surface area contributed by atoms with Gasteiger partial charge in [-0.1, -0.05) is 15.9 Å². The van der Waals surface area contributed by atoms with Crippen LogP contribution in [0.2, 0.25) is 0 Å². The summed E-state index contributed by atoms with van der Waals surface area (Å²) in [7, 11) is 0. The zero-order chi connectivity index (χ0) is 14.5. The molecule has 0 saturated heterocycles. The number of nitrogens with zero attached hydrogens (tertiary/aromatic N) is 1. The molecule has 0 saturated carbocycles. The lowest BCUT2D eigenvalue weighted by atomic mass is 10.3. The van der Waals surface area contributed by atoms with Crippen molar-refractivity contribution in [3.63, 3.8) is 0 Å². The third-order valence-electron chi connectivity index (χ3n) is 2.35. The van der Waals surface area contributed by atoms with Gasteiger partial charge in [0.15, 0.2) is 5.13 Å². The molecule has 2 rings (SSSR count). The van der Waals surface area contributed by atoms with Gasteiger partial charge in [0.1, 0.15) is 5.82 Å². The Morgan fingerprint density at radius 2 is 2.35 bits per heavy atom. The van der Waals surface area contributed by atoms with E-state index in [1.807, 2.05) is 0 Å². The fourth-order valence-electron chi connectivity index (χ4n) is 1.51. The van der Waals surface area contributed by atoms with Crippen molar-refractivity contribution in [3.05, 3.63) is 39.6 Å². The lowest BCUT2D eigenvalue weighted by molar-refractivity contribution is -0.142. The third kappa shape index (κ3) is 4.01. The van der Waals surface area contributed by atoms with E-state index in [0.29, 0.717) is 23.1 Å². The summed E-state index contributed by atoms with van der Waals surface area (Å²) in [5, 5.41) is 5.16. The molecule has 106 valence electrons. The van der Waals surface area contributed by atoms with Crippen molar-refractivity contribution in [1.29, 1.82) is 0 Å². The smallest absolute Gasteiger partial charge is 0.311 e. The molecule has 0 bridgehead atoms. The highest BCUT2D eigenvalue weighted by Gasteiger charge is 2.10. The van der Waals surface area contributed by atoms with Crippen LogP contribution in [0.25, 0.3) is 0 Å². The molecule has 0 spiro atoms. The molecular weight excluding hydrogens is 347 g/mol. The van der Waals surface area contributed by atoms with Crippen LogP contribution < -0.4 is 5.32 Å². The second-order valence-electron chi connectivity index (χ2n) is 3.87. The highest BCUT2D eigenvalue weighted by molar-refractivity contribution is 9.10. The van der Waals surface area contributed by atoms with Gasteiger partial charge < -0.3 is 10.1 Å². The molecule has 0 atom stereocenters. The monoisotopic (exact) mass is 358 g/mol. The first-order valence-corrected chi connectivity index (χ1v) is 7.58. The summed E-state index contributed by atoms with van der Waals surface area (Å²) < 4.78 is 19.2. The number of nitrogens with one attached hydrogen (secondary N) is 1. The van der Waals surface area contributed by atoms with E-state index in [1.54, 1.807) is 24.4 Å². The van der Waals surface area contributed by atoms with E-state index >= 15 is 0 Å². The lowest BCUT2D eigenvalue weighted by Gasteiger charge is -2.04. The van der Waals surface area contributed by atoms with Crippen LogP contribution in [0.15, 0.2) is 28.1 Å². The first kappa shape index (κ1) is 14.9. The Morgan fingerprint density at radius 3 is 3.10 bits per heavy atom. The molecule has 0 unspecified atom stereocenters. The molecule has 1 aromatic carbocycles. The predicted molar refractivity (Wildman–Crippen MR) is 79.8 cm³/mol. The number of rotatable bonds is 5. The van der Waals surface area contributed by atoms with Crippen LogP contribution in [0.1, 0.15) is 12.6 Å². The summed E-state index contributed by atoms with van der Waals surface area (Å²) in [6, 6.07) is 4.61. The van der Waals surface area contributed by atoms with Gasteiger partial charge in [-0.2, -0.15) is 0 Å². The van der Waals surface area contributed by atoms with Gasteiger partial charge in [0.2, 0.25) is 0 Å². The second-order valence-corrected chi connectivity index (χ2v) is 5.65. The number of thiazole rings is 1. The Morgan fingerprint density at radius 1 is 1.55 bits per heavy atom. The van der Waals surface area contributed by atoms with E-state index in [1.165, 1.54) is 17.4 Å². The number of anilines is 2. The third-order valence-corrected chi connectivity index (χ3v) is 3.65. The average molecular weight is 359 g/mol. The molecule has 0 aliphatic rings. The number of hydrogen-bond acceptors (Lipinski definition) is 5. The average Bonchev–Trinajstić information content (AvgIpc) is 2.81. The number of halogens is 2. The minimum Gasteiger partial charge on any atom is -0.466 e. The summed E-state index contributed by atoms with van der Waals surface area (Å²) in [5.74, 6) is -0.687. The molecule has 0 aliphatic carbocycles. The van der Waals surface area contributed by atoms with Crippen LogP contribution in [0.5, 0.6) is 0 Å². The molecule has 7 heteroatoms. The van der Waals surface area contributed by atoms with E-state index in [2.05, 4.69) is 26.2 Å². The highest BCUT2D eigenvalue weighted by Crippen LogP contribution is 2.26. The number of esters is 1. The topological polar surface area (TPSA) is 51.2 Å². The molecule has 1 aromatic heterocycles. The number of hydrogen-bond donors (Lipinski definition) is 1. The van der Waals surface area contributed by atoms with Crippen molar-refractivity contribution >= 4 is 44.1 Å². The first-order valence-electron chi connectivity index (χ1n) is 5.90. The van der Waals surface area contributed by atoms with Crippen molar-refractivity contribution in [2.24, 2.45) is 0 Å². The highest BCUT2D eigenvalue weighted by atomic mass is 79.9. The number of carbonyl (C=O) groups is 1. The summed E-state index contributed by atoms with van der Waals surface area (Å²) >= 11 is 4.59. The van der Waals surface area contributed by atoms with Gasteiger partial charge in [-0.25, -0.2) is 9.37 Å². The van der Waals surface area contributed by atoms with Gasteiger partial charge in [-0.15, -0.1) is 11.3 Å². The van der Waals surface area contributed by atoms with Gasteiger partial charge in [-0.3, -0.25) is 4.79 Å². The minimum atomic E-state index is -0.365. The minimum absolute atomic E-state index is 0.118. The fourth-order valence-corrected chi connectivity index (χ4v) is 2.60. The van der Waals surface area contributed by atoms with Crippen LogP contribution in [0.4, 0.5) is 15.2 Å². The summed E-state index contributed by atoms with van der Waals surface area (Å²) in [6.07, 6.45) is 0.118. The molecule has 0 amide bonds. The Kier molecular flexibility index (Phi) is 5.08. The molecule has 0 fully saturated rings. The molecule has 1 N–H and O–H groups in total. The lowest BCUT2D eigenvalue weighted by Crippen LogP contribution is -2.07. The summed E-state index contributed by atoms with van der Waals surface area (Å²) in [5.41, 5.74) is 0.933. The molecule has 2 aromatic rings. The molecule has 20 heavy (non-hydrogen) atoms. The normalized spacial score (nSPS) is 10.3. The van der Waals surface area contributed by atoms with Gasteiger partial charge in [0.05, 0.1) is 24.4 Å². The maximum absolute atomic E-state index is 13.6. The molecule has 1 heterocycles. The SMILES string of the molecule is CCOC(=O)Cc1csc(Nc2cc(Br)ccc2F)n1. The zero-order valence-electron chi connectivity index (χ0n) is 10.7. The number of ether oxygens (including phenoxy) is 1. The van der Waals surface area contributed by atoms with E-state index in [-0.39, 0.29) is 18.2 Å². The van der Waals surface area contributed by atoms with E-state index in [9.17, 15) is 9.18 Å². The standard InChI is InChI=1S/C13H12BrFN2O2S/c1-2-19-12(18)6-9-7-20-13(16-9)17-11-5-8(14)3-4-10(11)15/h3-5,7H,2,6H2,1H3,(H,16,17). The van der Waals surface area contributed by atoms with Crippen molar-refractivity contribution in [2.45, 2.75) is 13.3 Å². The molecule has 0 aliphatic heterocycles. The van der Waals surface area contributed by atoms with Gasteiger partial charge in [0, 0.05) is 9.85 Å². The number of aromatic nitrogens is 1. The maximum Gasteiger partial charge on any atom is 0.311 e. The van der Waals surface area contributed by atoms with Crippen molar-refractivity contribution in [2.75, 3.05) is 11.9 Å². The van der Waals surface area contributed by atoms with Crippen LogP contribution in [0.3, 0.4) is 0 Å². The summed E-state index contributed by atoms with van der Waals surface area (Å²) in [4.78, 5) is 15.6. The molecule has 4 nitrogen and oxygen atoms in total. The van der Waals surface area contributed by atoms with Crippen molar-refractivity contribution in [3.8, 4) is 0 Å². The molecular formula is C13H12BrFN2O2S. The Labute approximate surface area is 128 Å².